The van der Waals surface area contributed by atoms with Gasteiger partial charge >= 0.3 is 0 Å². The Morgan fingerprint density at radius 3 is 2.68 bits per heavy atom. The Morgan fingerprint density at radius 1 is 1.18 bits per heavy atom. The van der Waals surface area contributed by atoms with Crippen LogP contribution in [-0.2, 0) is 10.3 Å². The molecule has 6 heteroatoms. The Labute approximate surface area is 168 Å². The molecule has 146 valence electrons. The minimum absolute atomic E-state index is 0.0220. The molecule has 1 aliphatic heterocycles. The summed E-state index contributed by atoms with van der Waals surface area (Å²) < 4.78 is 20.4. The lowest BCUT2D eigenvalue weighted by atomic mass is 9.68. The third kappa shape index (κ3) is 3.59. The van der Waals surface area contributed by atoms with E-state index in [0.717, 1.165) is 18.6 Å². The second kappa shape index (κ2) is 8.05. The summed E-state index contributed by atoms with van der Waals surface area (Å²) in [7, 11) is 1.69. The highest BCUT2D eigenvalue weighted by atomic mass is 32.2. The van der Waals surface area contributed by atoms with Gasteiger partial charge in [-0.3, -0.25) is 9.79 Å². The van der Waals surface area contributed by atoms with Gasteiger partial charge in [0.05, 0.1) is 11.6 Å². The van der Waals surface area contributed by atoms with Crippen LogP contribution in [0.3, 0.4) is 0 Å². The molecular weight excluding hydrogens is 375 g/mol. The Hall–Kier alpha value is -2.18. The number of ether oxygens (including phenoxy) is 1. The van der Waals surface area contributed by atoms with E-state index in [9.17, 15) is 9.18 Å². The van der Waals surface area contributed by atoms with E-state index in [1.807, 2.05) is 30.3 Å². The van der Waals surface area contributed by atoms with Crippen LogP contribution < -0.4 is 5.32 Å². The number of methoxy groups -OCH3 is 1. The molecule has 1 N–H and O–H groups in total. The molecule has 0 saturated heterocycles. The second-order valence-electron chi connectivity index (χ2n) is 7.29. The highest BCUT2D eigenvalue weighted by Crippen LogP contribution is 2.50. The zero-order valence-corrected chi connectivity index (χ0v) is 16.5. The summed E-state index contributed by atoms with van der Waals surface area (Å²) >= 11 is 1.53. The number of nitrogens with one attached hydrogen (secondary N) is 1. The van der Waals surface area contributed by atoms with Gasteiger partial charge in [0.15, 0.2) is 5.17 Å². The molecule has 28 heavy (non-hydrogen) atoms. The predicted octanol–water partition coefficient (Wildman–Crippen LogP) is 4.37. The van der Waals surface area contributed by atoms with Crippen molar-refractivity contribution in [2.45, 2.75) is 30.9 Å². The molecule has 1 fully saturated rings. The van der Waals surface area contributed by atoms with Crippen molar-refractivity contribution in [1.29, 1.82) is 0 Å². The fourth-order valence-corrected chi connectivity index (χ4v) is 5.41. The molecule has 3 atom stereocenters. The summed E-state index contributed by atoms with van der Waals surface area (Å²) in [6, 6.07) is 15.9. The Morgan fingerprint density at radius 2 is 1.93 bits per heavy atom. The molecule has 2 aromatic rings. The first-order valence-electron chi connectivity index (χ1n) is 9.49. The number of nitrogens with zero attached hydrogens (tertiary/aromatic N) is 1. The SMILES string of the molecule is CO[C@H]1CCC2CSC(NC(=O)c3ccccc3)=NC2(c2ccccc2F)C1. The summed E-state index contributed by atoms with van der Waals surface area (Å²) in [5.74, 6) is 0.540. The summed E-state index contributed by atoms with van der Waals surface area (Å²) in [5, 5.41) is 3.47. The summed E-state index contributed by atoms with van der Waals surface area (Å²) in [4.78, 5) is 17.6. The smallest absolute Gasteiger partial charge is 0.257 e. The van der Waals surface area contributed by atoms with E-state index >= 15 is 0 Å². The number of aliphatic imine (C=N–C) groups is 1. The summed E-state index contributed by atoms with van der Waals surface area (Å²) in [6.45, 7) is 0. The third-order valence-electron chi connectivity index (χ3n) is 5.70. The number of halogens is 1. The maximum atomic E-state index is 14.8. The maximum Gasteiger partial charge on any atom is 0.257 e. The van der Waals surface area contributed by atoms with Crippen LogP contribution in [0.15, 0.2) is 59.6 Å². The molecule has 2 unspecified atom stereocenters. The van der Waals surface area contributed by atoms with E-state index in [0.29, 0.717) is 22.7 Å². The number of amidine groups is 1. The van der Waals surface area contributed by atoms with Gasteiger partial charge in [-0.05, 0) is 37.0 Å². The van der Waals surface area contributed by atoms with Gasteiger partial charge in [-0.2, -0.15) is 0 Å². The first-order valence-corrected chi connectivity index (χ1v) is 10.5. The highest BCUT2D eigenvalue weighted by molar-refractivity contribution is 8.13. The molecule has 0 spiro atoms. The fraction of sp³-hybridized carbons (Fsp3) is 0.364. The van der Waals surface area contributed by atoms with Gasteiger partial charge in [-0.25, -0.2) is 4.39 Å². The van der Waals surface area contributed by atoms with Gasteiger partial charge in [0, 0.05) is 30.4 Å². The normalized spacial score (nSPS) is 26.9. The Bertz CT molecular complexity index is 889. The molecule has 0 radical (unpaired) electrons. The molecular formula is C22H23FN2O2S. The van der Waals surface area contributed by atoms with Crippen molar-refractivity contribution in [1.82, 2.24) is 5.32 Å². The van der Waals surface area contributed by atoms with Crippen LogP contribution in [0.2, 0.25) is 0 Å². The van der Waals surface area contributed by atoms with Gasteiger partial charge in [-0.15, -0.1) is 0 Å². The summed E-state index contributed by atoms with van der Waals surface area (Å²) in [5.41, 5.74) is 0.453. The topological polar surface area (TPSA) is 50.7 Å². The van der Waals surface area contributed by atoms with Gasteiger partial charge in [0.25, 0.3) is 5.91 Å². The van der Waals surface area contributed by atoms with Crippen molar-refractivity contribution in [2.24, 2.45) is 10.9 Å². The van der Waals surface area contributed by atoms with Crippen LogP contribution in [0.25, 0.3) is 0 Å². The van der Waals surface area contributed by atoms with Gasteiger partial charge < -0.3 is 10.1 Å². The van der Waals surface area contributed by atoms with Crippen molar-refractivity contribution in [3.8, 4) is 0 Å². The first kappa shape index (κ1) is 19.2. The average Bonchev–Trinajstić information content (AvgIpc) is 2.74. The Kier molecular flexibility index (Phi) is 5.51. The summed E-state index contributed by atoms with van der Waals surface area (Å²) in [6.07, 6.45) is 2.50. The largest absolute Gasteiger partial charge is 0.381 e. The predicted molar refractivity (Wildman–Crippen MR) is 110 cm³/mol. The lowest BCUT2D eigenvalue weighted by Crippen LogP contribution is -2.48. The standard InChI is InChI=1S/C22H23FN2O2S/c1-27-17-12-11-16-14-28-21(24-20(26)15-7-3-2-4-8-15)25-22(16,13-17)18-9-5-6-10-19(18)23/h2-10,16-17H,11-14H2,1H3,(H,24,25,26)/t16?,17-,22?/m0/s1. The van der Waals surface area contributed by atoms with Crippen LogP contribution in [0.1, 0.15) is 35.2 Å². The van der Waals surface area contributed by atoms with Crippen LogP contribution in [0, 0.1) is 11.7 Å². The lowest BCUT2D eigenvalue weighted by molar-refractivity contribution is 0.0192. The number of rotatable bonds is 3. The van der Waals surface area contributed by atoms with E-state index in [1.54, 1.807) is 25.3 Å². The number of carbonyl (C=O) groups excluding carboxylic acids is 1. The number of amides is 1. The molecule has 4 rings (SSSR count). The lowest BCUT2D eigenvalue weighted by Gasteiger charge is -2.46. The van der Waals surface area contributed by atoms with Crippen LogP contribution >= 0.6 is 11.8 Å². The second-order valence-corrected chi connectivity index (χ2v) is 8.30. The molecule has 1 heterocycles. The number of hydrogen-bond donors (Lipinski definition) is 1. The van der Waals surface area contributed by atoms with Crippen molar-refractivity contribution in [3.05, 3.63) is 71.5 Å². The minimum Gasteiger partial charge on any atom is -0.381 e. The van der Waals surface area contributed by atoms with Crippen LogP contribution in [0.4, 0.5) is 4.39 Å². The third-order valence-corrected chi connectivity index (χ3v) is 6.74. The van der Waals surface area contributed by atoms with Crippen LogP contribution in [-0.4, -0.2) is 30.0 Å². The molecule has 0 bridgehead atoms. The van der Waals surface area contributed by atoms with Gasteiger partial charge in [0.2, 0.25) is 0 Å². The fourth-order valence-electron chi connectivity index (χ4n) is 4.22. The zero-order chi connectivity index (χ0) is 19.6. The average molecular weight is 399 g/mol. The number of hydrogen-bond acceptors (Lipinski definition) is 4. The van der Waals surface area contributed by atoms with Gasteiger partial charge in [-0.1, -0.05) is 48.2 Å². The molecule has 0 aromatic heterocycles. The first-order chi connectivity index (χ1) is 13.6. The molecule has 2 aromatic carbocycles. The zero-order valence-electron chi connectivity index (χ0n) is 15.7. The molecule has 1 amide bonds. The van der Waals surface area contributed by atoms with E-state index in [4.69, 9.17) is 9.73 Å². The highest BCUT2D eigenvalue weighted by Gasteiger charge is 2.49. The van der Waals surface area contributed by atoms with E-state index < -0.39 is 5.54 Å². The molecule has 2 aliphatic rings. The number of carbonyl (C=O) groups is 1. The van der Waals surface area contributed by atoms with E-state index in [-0.39, 0.29) is 23.7 Å². The quantitative estimate of drug-likeness (QED) is 0.835. The monoisotopic (exact) mass is 398 g/mol. The van der Waals surface area contributed by atoms with Crippen LogP contribution in [0.5, 0.6) is 0 Å². The van der Waals surface area contributed by atoms with E-state index in [2.05, 4.69) is 5.32 Å². The van der Waals surface area contributed by atoms with Crippen molar-refractivity contribution in [3.63, 3.8) is 0 Å². The minimum atomic E-state index is -0.713. The molecule has 1 saturated carbocycles. The number of fused-ring (bicyclic) bond motifs is 1. The van der Waals surface area contributed by atoms with Crippen molar-refractivity contribution < 1.29 is 13.9 Å². The van der Waals surface area contributed by atoms with Crippen molar-refractivity contribution in [2.75, 3.05) is 12.9 Å². The maximum absolute atomic E-state index is 14.8. The number of benzene rings is 2. The van der Waals surface area contributed by atoms with Crippen molar-refractivity contribution >= 4 is 22.8 Å². The molecule has 1 aliphatic carbocycles. The number of thioether (sulfide) groups is 1. The molecule has 4 nitrogen and oxygen atoms in total. The van der Waals surface area contributed by atoms with Gasteiger partial charge in [0.1, 0.15) is 5.82 Å². The van der Waals surface area contributed by atoms with E-state index in [1.165, 1.54) is 17.8 Å². The Balaban J connectivity index is 1.71.